The molecule has 1 unspecified atom stereocenters. The second kappa shape index (κ2) is 7.77. The second-order valence-corrected chi connectivity index (χ2v) is 7.47. The maximum absolute atomic E-state index is 12.9. The number of likely N-dealkylation sites (tertiary alicyclic amines) is 1. The Morgan fingerprint density at radius 3 is 2.84 bits per heavy atom. The molecule has 1 saturated heterocycles. The van der Waals surface area contributed by atoms with Gasteiger partial charge in [0, 0.05) is 30.7 Å². The van der Waals surface area contributed by atoms with Gasteiger partial charge in [-0.3, -0.25) is 9.78 Å². The number of rotatable bonds is 4. The van der Waals surface area contributed by atoms with Gasteiger partial charge in [0.2, 0.25) is 0 Å². The largest absolute Gasteiger partial charge is 0.394 e. The Morgan fingerprint density at radius 2 is 2.03 bits per heavy atom. The van der Waals surface area contributed by atoms with Gasteiger partial charge in [-0.2, -0.15) is 0 Å². The zero-order valence-electron chi connectivity index (χ0n) is 16.7. The van der Waals surface area contributed by atoms with E-state index < -0.39 is 0 Å². The van der Waals surface area contributed by atoms with Gasteiger partial charge in [-0.15, -0.1) is 5.10 Å². The predicted molar refractivity (Wildman–Crippen MR) is 115 cm³/mol. The fourth-order valence-electron chi connectivity index (χ4n) is 4.00. The van der Waals surface area contributed by atoms with Crippen molar-refractivity contribution < 1.29 is 9.90 Å². The molecule has 4 aromatic rings. The molecule has 9 heteroatoms. The van der Waals surface area contributed by atoms with Crippen molar-refractivity contribution in [1.82, 2.24) is 29.5 Å². The van der Waals surface area contributed by atoms with Crippen LogP contribution in [0.1, 0.15) is 23.3 Å². The number of hydrogen-bond acceptors (Lipinski definition) is 7. The molecule has 0 spiro atoms. The van der Waals surface area contributed by atoms with Gasteiger partial charge in [-0.05, 0) is 37.1 Å². The molecule has 5 rings (SSSR count). The molecule has 156 valence electrons. The molecule has 0 aliphatic carbocycles. The van der Waals surface area contributed by atoms with E-state index in [-0.39, 0.29) is 18.6 Å². The first-order valence-corrected chi connectivity index (χ1v) is 10.1. The van der Waals surface area contributed by atoms with E-state index in [1.807, 2.05) is 24.3 Å². The number of amides is 1. The van der Waals surface area contributed by atoms with Crippen LogP contribution in [0.15, 0.2) is 55.0 Å². The summed E-state index contributed by atoms with van der Waals surface area (Å²) in [4.78, 5) is 28.1. The molecule has 1 aliphatic heterocycles. The van der Waals surface area contributed by atoms with Crippen LogP contribution in [0.3, 0.4) is 0 Å². The maximum atomic E-state index is 12.9. The Kier molecular flexibility index (Phi) is 4.79. The Hall–Kier alpha value is -3.85. The summed E-state index contributed by atoms with van der Waals surface area (Å²) < 4.78 is 1.60. The van der Waals surface area contributed by atoms with Crippen molar-refractivity contribution in [3.63, 3.8) is 0 Å². The highest BCUT2D eigenvalue weighted by molar-refractivity contribution is 5.93. The lowest BCUT2D eigenvalue weighted by atomic mass is 10.2. The highest BCUT2D eigenvalue weighted by Gasteiger charge is 2.29. The van der Waals surface area contributed by atoms with Gasteiger partial charge < -0.3 is 15.7 Å². The lowest BCUT2D eigenvalue weighted by molar-refractivity contribution is 0.0672. The number of anilines is 1. The van der Waals surface area contributed by atoms with Crippen LogP contribution >= 0.6 is 0 Å². The summed E-state index contributed by atoms with van der Waals surface area (Å²) in [6.07, 6.45) is 6.86. The average Bonchev–Trinajstić information content (AvgIpc) is 3.42. The maximum Gasteiger partial charge on any atom is 0.272 e. The third kappa shape index (κ3) is 3.38. The van der Waals surface area contributed by atoms with Crippen molar-refractivity contribution in [2.45, 2.75) is 18.9 Å². The van der Waals surface area contributed by atoms with Gasteiger partial charge >= 0.3 is 0 Å². The lowest BCUT2D eigenvalue weighted by Gasteiger charge is -2.22. The molecule has 1 atom stereocenters. The summed E-state index contributed by atoms with van der Waals surface area (Å²) in [6.45, 7) is 0.595. The number of carbonyl (C=O) groups excluding carboxylic acids is 1. The summed E-state index contributed by atoms with van der Waals surface area (Å²) in [5.41, 5.74) is 9.75. The molecule has 0 saturated carbocycles. The van der Waals surface area contributed by atoms with E-state index in [1.165, 1.54) is 0 Å². The van der Waals surface area contributed by atoms with Crippen LogP contribution in [0.2, 0.25) is 0 Å². The van der Waals surface area contributed by atoms with Gasteiger partial charge in [0.1, 0.15) is 5.69 Å². The number of hydrogen-bond donors (Lipinski definition) is 2. The summed E-state index contributed by atoms with van der Waals surface area (Å²) in [7, 11) is 0. The molecule has 0 bridgehead atoms. The van der Waals surface area contributed by atoms with Gasteiger partial charge in [0.25, 0.3) is 5.91 Å². The first-order chi connectivity index (χ1) is 15.2. The number of nitrogen functional groups attached to an aromatic ring is 1. The number of nitrogens with zero attached hydrogens (tertiary/aromatic N) is 6. The molecule has 0 aromatic carbocycles. The first-order valence-electron chi connectivity index (χ1n) is 10.1. The molecule has 5 heterocycles. The third-order valence-electron chi connectivity index (χ3n) is 5.53. The Bertz CT molecular complexity index is 1260. The van der Waals surface area contributed by atoms with E-state index in [0.717, 1.165) is 12.8 Å². The van der Waals surface area contributed by atoms with E-state index in [0.29, 0.717) is 46.2 Å². The monoisotopic (exact) mass is 415 g/mol. The van der Waals surface area contributed by atoms with Crippen LogP contribution < -0.4 is 5.73 Å². The van der Waals surface area contributed by atoms with Crippen LogP contribution in [0, 0.1) is 0 Å². The van der Waals surface area contributed by atoms with E-state index in [2.05, 4.69) is 20.1 Å². The number of pyridine rings is 2. The SMILES string of the molecule is Nc1nn2cc(-c3cccc(C(=O)N4CCCC4CO)n3)cnc2c1-c1ccccn1. The van der Waals surface area contributed by atoms with Crippen molar-refractivity contribution >= 4 is 17.4 Å². The standard InChI is InChI=1S/C22H21N7O2/c23-20-19(17-6-1-2-9-24-17)21-25-11-14(12-29(21)27-20)16-7-3-8-18(26-16)22(31)28-10-4-5-15(28)13-30/h1-3,6-9,11-12,15,30H,4-5,10,13H2,(H2,23,27). The van der Waals surface area contributed by atoms with Gasteiger partial charge in [-0.25, -0.2) is 14.5 Å². The Morgan fingerprint density at radius 1 is 1.16 bits per heavy atom. The number of aliphatic hydroxyl groups excluding tert-OH is 1. The number of carbonyl (C=O) groups is 1. The Labute approximate surface area is 178 Å². The average molecular weight is 415 g/mol. The zero-order chi connectivity index (χ0) is 21.4. The van der Waals surface area contributed by atoms with Crippen molar-refractivity contribution in [2.75, 3.05) is 18.9 Å². The van der Waals surface area contributed by atoms with Gasteiger partial charge in [0.05, 0.1) is 29.6 Å². The van der Waals surface area contributed by atoms with Crippen molar-refractivity contribution in [3.05, 3.63) is 60.7 Å². The van der Waals surface area contributed by atoms with Gasteiger partial charge in [0.15, 0.2) is 11.5 Å². The van der Waals surface area contributed by atoms with E-state index >= 15 is 0 Å². The zero-order valence-corrected chi connectivity index (χ0v) is 16.7. The number of aromatic nitrogens is 5. The minimum absolute atomic E-state index is 0.0364. The fourth-order valence-corrected chi connectivity index (χ4v) is 4.00. The molecular formula is C22H21N7O2. The summed E-state index contributed by atoms with van der Waals surface area (Å²) in [6, 6.07) is 10.7. The fraction of sp³-hybridized carbons (Fsp3) is 0.227. The number of aliphatic hydroxyl groups is 1. The first kappa shape index (κ1) is 19.1. The van der Waals surface area contributed by atoms with Crippen molar-refractivity contribution in [2.24, 2.45) is 0 Å². The molecule has 3 N–H and O–H groups in total. The summed E-state index contributed by atoms with van der Waals surface area (Å²) in [5.74, 6) is 0.164. The summed E-state index contributed by atoms with van der Waals surface area (Å²) in [5, 5.41) is 13.9. The Balaban J connectivity index is 1.50. The molecule has 9 nitrogen and oxygen atoms in total. The molecular weight excluding hydrogens is 394 g/mol. The molecule has 1 fully saturated rings. The normalized spacial score (nSPS) is 16.2. The number of fused-ring (bicyclic) bond motifs is 1. The third-order valence-corrected chi connectivity index (χ3v) is 5.53. The minimum atomic E-state index is -0.173. The molecule has 1 amide bonds. The topological polar surface area (TPSA) is 123 Å². The van der Waals surface area contributed by atoms with E-state index in [4.69, 9.17) is 5.73 Å². The predicted octanol–water partition coefficient (Wildman–Crippen LogP) is 2.03. The van der Waals surface area contributed by atoms with E-state index in [1.54, 1.807) is 40.1 Å². The van der Waals surface area contributed by atoms with Crippen LogP contribution in [0.25, 0.3) is 28.2 Å². The molecule has 4 aromatic heterocycles. The van der Waals surface area contributed by atoms with Crippen LogP contribution in [0.5, 0.6) is 0 Å². The highest BCUT2D eigenvalue weighted by Crippen LogP contribution is 2.29. The molecule has 31 heavy (non-hydrogen) atoms. The highest BCUT2D eigenvalue weighted by atomic mass is 16.3. The molecule has 1 aliphatic rings. The van der Waals surface area contributed by atoms with Crippen LogP contribution in [-0.2, 0) is 0 Å². The van der Waals surface area contributed by atoms with Crippen LogP contribution in [-0.4, -0.2) is 59.7 Å². The van der Waals surface area contributed by atoms with Gasteiger partial charge in [-0.1, -0.05) is 12.1 Å². The lowest BCUT2D eigenvalue weighted by Crippen LogP contribution is -2.38. The van der Waals surface area contributed by atoms with Crippen LogP contribution in [0.4, 0.5) is 5.82 Å². The smallest absolute Gasteiger partial charge is 0.272 e. The van der Waals surface area contributed by atoms with E-state index in [9.17, 15) is 9.90 Å². The van der Waals surface area contributed by atoms with Crippen molar-refractivity contribution in [3.8, 4) is 22.5 Å². The second-order valence-electron chi connectivity index (χ2n) is 7.47. The number of nitrogens with two attached hydrogens (primary N) is 1. The van der Waals surface area contributed by atoms with Crippen molar-refractivity contribution in [1.29, 1.82) is 0 Å². The summed E-state index contributed by atoms with van der Waals surface area (Å²) >= 11 is 0. The minimum Gasteiger partial charge on any atom is -0.394 e. The quantitative estimate of drug-likeness (QED) is 0.523. The molecule has 0 radical (unpaired) electrons.